The van der Waals surface area contributed by atoms with Crippen LogP contribution in [-0.2, 0) is 11.3 Å². The normalized spacial score (nSPS) is 22.8. The fourth-order valence-electron chi connectivity index (χ4n) is 5.71. The van der Waals surface area contributed by atoms with Gasteiger partial charge in [0.05, 0.1) is 5.69 Å². The highest BCUT2D eigenvalue weighted by molar-refractivity contribution is 5.70. The molecular formula is C25H31FN4O2. The van der Waals surface area contributed by atoms with Crippen LogP contribution >= 0.6 is 0 Å². The number of aromatic nitrogens is 1. The Kier molecular flexibility index (Phi) is 5.49. The highest BCUT2D eigenvalue weighted by Crippen LogP contribution is 2.42. The Balaban J connectivity index is 1.23. The van der Waals surface area contributed by atoms with Crippen LogP contribution in [-0.4, -0.2) is 55.3 Å². The largest absolute Gasteiger partial charge is 0.483 e. The highest BCUT2D eigenvalue weighted by atomic mass is 19.1. The van der Waals surface area contributed by atoms with Crippen LogP contribution in [0.25, 0.3) is 0 Å². The molecule has 2 N–H and O–H groups in total. The summed E-state index contributed by atoms with van der Waals surface area (Å²) >= 11 is 0. The van der Waals surface area contributed by atoms with Gasteiger partial charge in [0.2, 0.25) is 0 Å². The van der Waals surface area contributed by atoms with Crippen molar-refractivity contribution in [1.29, 1.82) is 0 Å². The van der Waals surface area contributed by atoms with Gasteiger partial charge in [-0.05, 0) is 74.0 Å². The van der Waals surface area contributed by atoms with Gasteiger partial charge in [0, 0.05) is 50.0 Å². The van der Waals surface area contributed by atoms with Gasteiger partial charge in [-0.25, -0.2) is 9.37 Å². The summed E-state index contributed by atoms with van der Waals surface area (Å²) in [6, 6.07) is 6.50. The minimum absolute atomic E-state index is 0.286. The van der Waals surface area contributed by atoms with Crippen molar-refractivity contribution >= 4 is 11.5 Å². The number of ether oxygens (including phenoxy) is 2. The van der Waals surface area contributed by atoms with E-state index in [1.165, 1.54) is 18.4 Å². The Morgan fingerprint density at radius 3 is 2.66 bits per heavy atom. The zero-order valence-corrected chi connectivity index (χ0v) is 18.4. The number of rotatable bonds is 3. The zero-order valence-electron chi connectivity index (χ0n) is 18.4. The minimum atomic E-state index is -0.286. The van der Waals surface area contributed by atoms with Crippen molar-refractivity contribution in [3.05, 3.63) is 46.9 Å². The summed E-state index contributed by atoms with van der Waals surface area (Å²) in [5.41, 5.74) is 4.02. The number of anilines is 2. The molecule has 6 rings (SSSR count). The van der Waals surface area contributed by atoms with Crippen LogP contribution in [0.15, 0.2) is 24.4 Å². The molecule has 170 valence electrons. The molecule has 0 saturated carbocycles. The van der Waals surface area contributed by atoms with E-state index in [0.717, 1.165) is 69.2 Å². The summed E-state index contributed by atoms with van der Waals surface area (Å²) in [5, 5.41) is 6.84. The van der Waals surface area contributed by atoms with Gasteiger partial charge < -0.3 is 20.1 Å². The molecule has 0 spiro atoms. The minimum Gasteiger partial charge on any atom is -0.483 e. The molecule has 1 aromatic carbocycles. The Bertz CT molecular complexity index is 982. The van der Waals surface area contributed by atoms with Crippen LogP contribution in [0.5, 0.6) is 5.75 Å². The molecule has 0 unspecified atom stereocenters. The van der Waals surface area contributed by atoms with E-state index in [1.807, 2.05) is 6.20 Å². The first-order valence-electron chi connectivity index (χ1n) is 12.0. The predicted molar refractivity (Wildman–Crippen MR) is 121 cm³/mol. The quantitative estimate of drug-likeness (QED) is 0.758. The highest BCUT2D eigenvalue weighted by Gasteiger charge is 2.35. The van der Waals surface area contributed by atoms with Crippen molar-refractivity contribution < 1.29 is 13.9 Å². The third-order valence-electron chi connectivity index (χ3n) is 7.64. The summed E-state index contributed by atoms with van der Waals surface area (Å²) in [7, 11) is 0. The van der Waals surface area contributed by atoms with Crippen molar-refractivity contribution in [3.8, 4) is 5.75 Å². The number of benzene rings is 1. The number of nitrogens with zero attached hydrogens (tertiary/aromatic N) is 2. The third kappa shape index (κ3) is 3.76. The van der Waals surface area contributed by atoms with Crippen LogP contribution in [0, 0.1) is 5.82 Å². The first-order valence-corrected chi connectivity index (χ1v) is 12.0. The van der Waals surface area contributed by atoms with Crippen LogP contribution in [0.3, 0.4) is 0 Å². The number of likely N-dealkylation sites (tertiary alicyclic amines) is 1. The van der Waals surface area contributed by atoms with E-state index in [9.17, 15) is 0 Å². The molecule has 3 saturated heterocycles. The molecule has 1 aromatic heterocycles. The molecule has 4 aliphatic heterocycles. The standard InChI is InChI=1S/C25H31FN4O2/c26-22-11-17(18-13-30(14-18)19-1-6-27-7-2-19)12-23-24(22)32-15-21-20(3-8-28-25(21)29-23)16-4-9-31-10-5-16/h3,8,11-12,16,18-19,27H,1-2,4-7,9-10,13-15H2,(H,28,29). The van der Waals surface area contributed by atoms with Crippen molar-refractivity contribution in [1.82, 2.24) is 15.2 Å². The second-order valence-electron chi connectivity index (χ2n) is 9.54. The number of hydrogen-bond donors (Lipinski definition) is 2. The van der Waals surface area contributed by atoms with Crippen LogP contribution in [0.2, 0.25) is 0 Å². The maximum Gasteiger partial charge on any atom is 0.178 e. The first kappa shape index (κ1) is 20.4. The Labute approximate surface area is 188 Å². The van der Waals surface area contributed by atoms with Crippen LogP contribution in [0.1, 0.15) is 54.2 Å². The Morgan fingerprint density at radius 1 is 1.03 bits per heavy atom. The molecule has 6 nitrogen and oxygen atoms in total. The molecule has 0 amide bonds. The van der Waals surface area contributed by atoms with Crippen molar-refractivity contribution in [2.24, 2.45) is 0 Å². The van der Waals surface area contributed by atoms with Gasteiger partial charge in [0.15, 0.2) is 11.6 Å². The van der Waals surface area contributed by atoms with E-state index in [2.05, 4.69) is 32.7 Å². The SMILES string of the molecule is Fc1cc(C2CN(C3CCNCC3)C2)cc2c1OCc1c(C3CCOCC3)ccnc1N2. The molecule has 0 atom stereocenters. The lowest BCUT2D eigenvalue weighted by atomic mass is 9.87. The van der Waals surface area contributed by atoms with Crippen molar-refractivity contribution in [3.63, 3.8) is 0 Å². The second kappa shape index (κ2) is 8.61. The number of pyridine rings is 1. The number of nitrogens with one attached hydrogen (secondary N) is 2. The lowest BCUT2D eigenvalue weighted by molar-refractivity contribution is 0.0728. The number of halogens is 1. The Morgan fingerprint density at radius 2 is 1.84 bits per heavy atom. The summed E-state index contributed by atoms with van der Waals surface area (Å²) < 4.78 is 26.7. The maximum absolute atomic E-state index is 15.1. The Hall–Kier alpha value is -2.22. The summed E-state index contributed by atoms with van der Waals surface area (Å²) in [4.78, 5) is 7.14. The van der Waals surface area contributed by atoms with Crippen LogP contribution < -0.4 is 15.4 Å². The zero-order chi connectivity index (χ0) is 21.5. The van der Waals surface area contributed by atoms with Gasteiger partial charge in [0.1, 0.15) is 12.4 Å². The molecule has 3 fully saturated rings. The molecule has 32 heavy (non-hydrogen) atoms. The summed E-state index contributed by atoms with van der Waals surface area (Å²) in [6.07, 6.45) is 6.26. The second-order valence-corrected chi connectivity index (χ2v) is 9.54. The van der Waals surface area contributed by atoms with E-state index in [4.69, 9.17) is 9.47 Å². The van der Waals surface area contributed by atoms with E-state index < -0.39 is 0 Å². The smallest absolute Gasteiger partial charge is 0.178 e. The van der Waals surface area contributed by atoms with Crippen LogP contribution in [0.4, 0.5) is 15.9 Å². The van der Waals surface area contributed by atoms with Gasteiger partial charge in [-0.2, -0.15) is 0 Å². The van der Waals surface area contributed by atoms with Gasteiger partial charge in [-0.3, -0.25) is 4.90 Å². The molecular weight excluding hydrogens is 407 g/mol. The fourth-order valence-corrected chi connectivity index (χ4v) is 5.71. The first-order chi connectivity index (χ1) is 15.8. The molecule has 0 aliphatic carbocycles. The molecule has 0 bridgehead atoms. The molecule has 7 heteroatoms. The van der Waals surface area contributed by atoms with E-state index in [0.29, 0.717) is 35.9 Å². The number of piperidine rings is 1. The average Bonchev–Trinajstić information content (AvgIpc) is 2.99. The van der Waals surface area contributed by atoms with Gasteiger partial charge in [0.25, 0.3) is 0 Å². The molecule has 4 aliphatic rings. The predicted octanol–water partition coefficient (Wildman–Crippen LogP) is 3.90. The van der Waals surface area contributed by atoms with Gasteiger partial charge in [-0.15, -0.1) is 0 Å². The van der Waals surface area contributed by atoms with E-state index >= 15 is 4.39 Å². The maximum atomic E-state index is 15.1. The lowest BCUT2D eigenvalue weighted by Gasteiger charge is -2.46. The van der Waals surface area contributed by atoms with Gasteiger partial charge >= 0.3 is 0 Å². The monoisotopic (exact) mass is 438 g/mol. The molecule has 5 heterocycles. The van der Waals surface area contributed by atoms with E-state index in [1.54, 1.807) is 6.07 Å². The molecule has 2 aromatic rings. The van der Waals surface area contributed by atoms with Crippen molar-refractivity contribution in [2.45, 2.75) is 50.2 Å². The fraction of sp³-hybridized carbons (Fsp3) is 0.560. The van der Waals surface area contributed by atoms with Gasteiger partial charge in [-0.1, -0.05) is 0 Å². The lowest BCUT2D eigenvalue weighted by Crippen LogP contribution is -2.53. The summed E-state index contributed by atoms with van der Waals surface area (Å²) in [6.45, 7) is 6.11. The molecule has 0 radical (unpaired) electrons. The topological polar surface area (TPSA) is 58.7 Å². The average molecular weight is 439 g/mol. The third-order valence-corrected chi connectivity index (χ3v) is 7.64. The summed E-state index contributed by atoms with van der Waals surface area (Å²) in [5.74, 6) is 1.61. The van der Waals surface area contributed by atoms with Crippen molar-refractivity contribution in [2.75, 3.05) is 44.7 Å². The number of fused-ring (bicyclic) bond motifs is 2. The van der Waals surface area contributed by atoms with E-state index in [-0.39, 0.29) is 5.82 Å². The number of hydrogen-bond acceptors (Lipinski definition) is 6.